The Morgan fingerprint density at radius 3 is 2.60 bits per heavy atom. The molecule has 0 bridgehead atoms. The van der Waals surface area contributed by atoms with Crippen LogP contribution in [0.4, 0.5) is 4.79 Å². The molecular weight excluding hydrogens is 192 g/mol. The minimum atomic E-state index is -0.809. The van der Waals surface area contributed by atoms with Gasteiger partial charge in [-0.05, 0) is 40.2 Å². The third-order valence-electron chi connectivity index (χ3n) is 2.81. The van der Waals surface area contributed by atoms with Gasteiger partial charge in [-0.3, -0.25) is 4.90 Å². The van der Waals surface area contributed by atoms with Gasteiger partial charge in [0, 0.05) is 18.1 Å². The van der Waals surface area contributed by atoms with Crippen LogP contribution >= 0.6 is 0 Å². The first-order chi connectivity index (χ1) is 6.93. The molecule has 1 saturated heterocycles. The van der Waals surface area contributed by atoms with E-state index in [0.29, 0.717) is 0 Å². The molecule has 0 aromatic carbocycles. The predicted molar refractivity (Wildman–Crippen MR) is 60.1 cm³/mol. The van der Waals surface area contributed by atoms with Crippen molar-refractivity contribution in [3.05, 3.63) is 0 Å². The van der Waals surface area contributed by atoms with Crippen molar-refractivity contribution in [2.24, 2.45) is 0 Å². The number of hydrogen-bond acceptors (Lipinski definition) is 2. The molecular formula is C11H22N2O2. The molecule has 0 saturated carbocycles. The van der Waals surface area contributed by atoms with Gasteiger partial charge >= 0.3 is 6.09 Å². The summed E-state index contributed by atoms with van der Waals surface area (Å²) >= 11 is 0. The van der Waals surface area contributed by atoms with Crippen molar-refractivity contribution in [3.8, 4) is 0 Å². The van der Waals surface area contributed by atoms with Crippen LogP contribution in [0.5, 0.6) is 0 Å². The molecule has 1 rings (SSSR count). The van der Waals surface area contributed by atoms with E-state index < -0.39 is 6.09 Å². The zero-order chi connectivity index (χ0) is 11.5. The molecule has 4 nitrogen and oxygen atoms in total. The molecule has 1 unspecified atom stereocenters. The van der Waals surface area contributed by atoms with Gasteiger partial charge in [-0.15, -0.1) is 0 Å². The number of amides is 1. The normalized spacial score (nSPS) is 23.3. The maximum atomic E-state index is 11.3. The molecule has 1 aliphatic heterocycles. The van der Waals surface area contributed by atoms with Gasteiger partial charge in [-0.1, -0.05) is 6.42 Å². The summed E-state index contributed by atoms with van der Waals surface area (Å²) in [6, 6.07) is 0.116. The first-order valence-electron chi connectivity index (χ1n) is 5.66. The van der Waals surface area contributed by atoms with Crippen molar-refractivity contribution < 1.29 is 9.90 Å². The van der Waals surface area contributed by atoms with E-state index >= 15 is 0 Å². The molecule has 1 amide bonds. The fourth-order valence-electron chi connectivity index (χ4n) is 2.21. The van der Waals surface area contributed by atoms with Crippen LogP contribution in [0.15, 0.2) is 0 Å². The molecule has 0 aromatic rings. The Bertz CT molecular complexity index is 215. The minimum absolute atomic E-state index is 0.116. The molecule has 1 fully saturated rings. The van der Waals surface area contributed by atoms with Crippen LogP contribution in [0.25, 0.3) is 0 Å². The van der Waals surface area contributed by atoms with E-state index in [4.69, 9.17) is 0 Å². The van der Waals surface area contributed by atoms with E-state index in [1.807, 2.05) is 20.8 Å². The number of nitrogens with one attached hydrogen (secondary N) is 1. The molecule has 1 aliphatic rings. The van der Waals surface area contributed by atoms with Gasteiger partial charge in [0.25, 0.3) is 0 Å². The summed E-state index contributed by atoms with van der Waals surface area (Å²) < 4.78 is 0. The first-order valence-corrected chi connectivity index (χ1v) is 5.66. The Labute approximate surface area is 91.6 Å². The minimum Gasteiger partial charge on any atom is -0.465 e. The van der Waals surface area contributed by atoms with E-state index in [9.17, 15) is 9.90 Å². The van der Waals surface area contributed by atoms with Crippen LogP contribution in [0.1, 0.15) is 40.0 Å². The van der Waals surface area contributed by atoms with Gasteiger partial charge in [-0.2, -0.15) is 0 Å². The smallest absolute Gasteiger partial charge is 0.408 e. The lowest BCUT2D eigenvalue weighted by Gasteiger charge is -2.39. The van der Waals surface area contributed by atoms with Gasteiger partial charge in [-0.25, -0.2) is 4.79 Å². The molecule has 4 heteroatoms. The highest BCUT2D eigenvalue weighted by Gasteiger charge is 2.33. The highest BCUT2D eigenvalue weighted by molar-refractivity contribution is 5.66. The summed E-state index contributed by atoms with van der Waals surface area (Å²) in [6.07, 6.45) is 2.42. The van der Waals surface area contributed by atoms with E-state index in [1.54, 1.807) is 4.90 Å². The van der Waals surface area contributed by atoms with Crippen molar-refractivity contribution in [1.82, 2.24) is 10.2 Å². The fraction of sp³-hybridized carbons (Fsp3) is 0.909. The second kappa shape index (κ2) is 4.84. The quantitative estimate of drug-likeness (QED) is 0.701. The largest absolute Gasteiger partial charge is 0.465 e. The zero-order valence-corrected chi connectivity index (χ0v) is 9.92. The topological polar surface area (TPSA) is 52.6 Å². The van der Waals surface area contributed by atoms with Gasteiger partial charge < -0.3 is 10.4 Å². The monoisotopic (exact) mass is 214 g/mol. The lowest BCUT2D eigenvalue weighted by Crippen LogP contribution is -2.53. The van der Waals surface area contributed by atoms with E-state index in [0.717, 1.165) is 32.4 Å². The summed E-state index contributed by atoms with van der Waals surface area (Å²) in [5.74, 6) is 0. The van der Waals surface area contributed by atoms with E-state index in [1.165, 1.54) is 0 Å². The maximum Gasteiger partial charge on any atom is 0.408 e. The van der Waals surface area contributed by atoms with Crippen molar-refractivity contribution in [1.29, 1.82) is 0 Å². The second-order valence-corrected chi connectivity index (χ2v) is 5.18. The number of carboxylic acid groups (broad SMARTS) is 1. The predicted octanol–water partition coefficient (Wildman–Crippen LogP) is 1.91. The van der Waals surface area contributed by atoms with Gasteiger partial charge in [0.1, 0.15) is 0 Å². The Balaban J connectivity index is 2.74. The third kappa shape index (κ3) is 3.38. The summed E-state index contributed by atoms with van der Waals surface area (Å²) in [5, 5.41) is 12.6. The Hall–Kier alpha value is -0.770. The number of rotatable bonds is 1. The fourth-order valence-corrected chi connectivity index (χ4v) is 2.21. The molecule has 88 valence electrons. The Morgan fingerprint density at radius 2 is 2.07 bits per heavy atom. The summed E-state index contributed by atoms with van der Waals surface area (Å²) in [6.45, 7) is 7.64. The molecule has 0 aliphatic carbocycles. The molecule has 15 heavy (non-hydrogen) atoms. The van der Waals surface area contributed by atoms with Crippen molar-refractivity contribution >= 4 is 6.09 Å². The maximum absolute atomic E-state index is 11.3. The molecule has 1 heterocycles. The second-order valence-electron chi connectivity index (χ2n) is 5.18. The molecule has 0 spiro atoms. The Morgan fingerprint density at radius 1 is 1.40 bits per heavy atom. The lowest BCUT2D eigenvalue weighted by atomic mass is 10.0. The number of hydrogen-bond donors (Lipinski definition) is 2. The summed E-state index contributed by atoms with van der Waals surface area (Å²) in [5.41, 5.74) is -0.317. The third-order valence-corrected chi connectivity index (χ3v) is 2.81. The Kier molecular flexibility index (Phi) is 3.97. The van der Waals surface area contributed by atoms with E-state index in [2.05, 4.69) is 5.32 Å². The summed E-state index contributed by atoms with van der Waals surface area (Å²) in [7, 11) is 0. The molecule has 1 atom stereocenters. The average molecular weight is 214 g/mol. The molecule has 0 radical (unpaired) electrons. The first kappa shape index (κ1) is 12.3. The van der Waals surface area contributed by atoms with Crippen LogP contribution in [0.2, 0.25) is 0 Å². The van der Waals surface area contributed by atoms with Crippen LogP contribution in [0, 0.1) is 0 Å². The van der Waals surface area contributed by atoms with Crippen LogP contribution in [-0.4, -0.2) is 40.8 Å². The molecule has 2 N–H and O–H groups in total. The van der Waals surface area contributed by atoms with Crippen molar-refractivity contribution in [2.75, 3.05) is 13.1 Å². The molecule has 0 aromatic heterocycles. The number of nitrogens with zero attached hydrogens (tertiary/aromatic N) is 1. The van der Waals surface area contributed by atoms with E-state index in [-0.39, 0.29) is 11.6 Å². The van der Waals surface area contributed by atoms with Gasteiger partial charge in [0.15, 0.2) is 0 Å². The number of carbonyl (C=O) groups is 1. The standard InChI is InChI=1S/C11H22N2O2/c1-11(2,3)13(10(14)15)9-6-4-5-7-12-8-9/h9,12H,4-8H2,1-3H3,(H,14,15). The van der Waals surface area contributed by atoms with Crippen LogP contribution in [-0.2, 0) is 0 Å². The lowest BCUT2D eigenvalue weighted by molar-refractivity contribution is 0.0684. The van der Waals surface area contributed by atoms with Crippen molar-refractivity contribution in [3.63, 3.8) is 0 Å². The highest BCUT2D eigenvalue weighted by atomic mass is 16.4. The van der Waals surface area contributed by atoms with Crippen LogP contribution in [0.3, 0.4) is 0 Å². The van der Waals surface area contributed by atoms with Gasteiger partial charge in [0.2, 0.25) is 0 Å². The van der Waals surface area contributed by atoms with Crippen LogP contribution < -0.4 is 5.32 Å². The van der Waals surface area contributed by atoms with Gasteiger partial charge in [0.05, 0.1) is 0 Å². The SMILES string of the molecule is CC(C)(C)N(C(=O)O)C1CCCCNC1. The van der Waals surface area contributed by atoms with Crippen molar-refractivity contribution in [2.45, 2.75) is 51.6 Å². The average Bonchev–Trinajstić information content (AvgIpc) is 2.29. The summed E-state index contributed by atoms with van der Waals surface area (Å²) in [4.78, 5) is 12.8. The highest BCUT2D eigenvalue weighted by Crippen LogP contribution is 2.21. The zero-order valence-electron chi connectivity index (χ0n) is 9.92.